The molecule has 0 spiro atoms. The molecule has 2 unspecified atom stereocenters. The number of hydrogen-bond acceptors (Lipinski definition) is 3. The van der Waals surface area contributed by atoms with Gasteiger partial charge in [-0.2, -0.15) is 5.10 Å². The Labute approximate surface area is 77.6 Å². The van der Waals surface area contributed by atoms with Gasteiger partial charge < -0.3 is 4.90 Å². The van der Waals surface area contributed by atoms with E-state index in [4.69, 9.17) is 0 Å². The fraction of sp³-hybridized carbons (Fsp3) is 0.778. The molecule has 2 saturated heterocycles. The lowest BCUT2D eigenvalue weighted by atomic mass is 9.91. The van der Waals surface area contributed by atoms with Crippen LogP contribution in [0, 0.1) is 0 Å². The van der Waals surface area contributed by atoms with Crippen LogP contribution in [0.3, 0.4) is 0 Å². The fourth-order valence-electron chi connectivity index (χ4n) is 2.72. The van der Waals surface area contributed by atoms with Gasteiger partial charge in [0.1, 0.15) is 12.7 Å². The van der Waals surface area contributed by atoms with E-state index >= 15 is 0 Å². The summed E-state index contributed by atoms with van der Waals surface area (Å²) in [7, 11) is 0. The van der Waals surface area contributed by atoms with E-state index in [2.05, 4.69) is 19.7 Å². The Morgan fingerprint density at radius 2 is 2.23 bits per heavy atom. The minimum atomic E-state index is 0.286. The Hall–Kier alpha value is -0.900. The molecule has 2 fully saturated rings. The summed E-state index contributed by atoms with van der Waals surface area (Å²) in [5.41, 5.74) is 0.286. The fourth-order valence-corrected chi connectivity index (χ4v) is 2.72. The van der Waals surface area contributed by atoms with E-state index in [1.54, 1.807) is 6.33 Å². The van der Waals surface area contributed by atoms with Gasteiger partial charge in [-0.15, -0.1) is 0 Å². The lowest BCUT2D eigenvalue weighted by Crippen LogP contribution is -2.41. The number of aromatic nitrogens is 3. The molecule has 13 heavy (non-hydrogen) atoms. The Kier molecular flexibility index (Phi) is 1.47. The Balaban J connectivity index is 1.97. The lowest BCUT2D eigenvalue weighted by Gasteiger charge is -2.33. The number of piperidine rings is 1. The minimum absolute atomic E-state index is 0.286. The standard InChI is InChI=1S/C9H14N4/c1-2-9(13-8-10-7-11-13)3-5-12(4-1)6-9/h7-8H,1-6H2. The second-order valence-electron chi connectivity index (χ2n) is 4.19. The van der Waals surface area contributed by atoms with E-state index in [0.29, 0.717) is 0 Å². The Bertz CT molecular complexity index is 291. The van der Waals surface area contributed by atoms with Crippen molar-refractivity contribution in [2.24, 2.45) is 0 Å². The number of fused-ring (bicyclic) bond motifs is 2. The first-order chi connectivity index (χ1) is 6.39. The van der Waals surface area contributed by atoms with Crippen molar-refractivity contribution >= 4 is 0 Å². The molecule has 0 aromatic carbocycles. The van der Waals surface area contributed by atoms with Gasteiger partial charge in [0.25, 0.3) is 0 Å². The summed E-state index contributed by atoms with van der Waals surface area (Å²) in [5.74, 6) is 0. The molecule has 2 aliphatic rings. The average Bonchev–Trinajstić information content (AvgIpc) is 2.75. The van der Waals surface area contributed by atoms with E-state index in [1.807, 2.05) is 6.33 Å². The highest BCUT2D eigenvalue weighted by Crippen LogP contribution is 2.36. The van der Waals surface area contributed by atoms with E-state index in [-0.39, 0.29) is 5.54 Å². The Morgan fingerprint density at radius 3 is 3.08 bits per heavy atom. The third-order valence-electron chi connectivity index (χ3n) is 3.43. The highest BCUT2D eigenvalue weighted by atomic mass is 15.4. The van der Waals surface area contributed by atoms with Gasteiger partial charge in [0, 0.05) is 13.1 Å². The van der Waals surface area contributed by atoms with Crippen LogP contribution in [0.25, 0.3) is 0 Å². The molecular weight excluding hydrogens is 164 g/mol. The zero-order valence-corrected chi connectivity index (χ0v) is 7.69. The van der Waals surface area contributed by atoms with Gasteiger partial charge in [0.15, 0.2) is 0 Å². The number of hydrogen-bond donors (Lipinski definition) is 0. The third-order valence-corrected chi connectivity index (χ3v) is 3.43. The summed E-state index contributed by atoms with van der Waals surface area (Å²) < 4.78 is 2.08. The van der Waals surface area contributed by atoms with Crippen LogP contribution in [0.5, 0.6) is 0 Å². The van der Waals surface area contributed by atoms with Crippen molar-refractivity contribution in [1.82, 2.24) is 19.7 Å². The van der Waals surface area contributed by atoms with Crippen molar-refractivity contribution < 1.29 is 0 Å². The minimum Gasteiger partial charge on any atom is -0.301 e. The smallest absolute Gasteiger partial charge is 0.137 e. The summed E-state index contributed by atoms with van der Waals surface area (Å²) in [5, 5.41) is 4.29. The molecule has 0 N–H and O–H groups in total. The highest BCUT2D eigenvalue weighted by molar-refractivity contribution is 4.97. The first-order valence-electron chi connectivity index (χ1n) is 4.97. The molecule has 70 valence electrons. The molecule has 2 bridgehead atoms. The molecule has 3 rings (SSSR count). The molecule has 0 amide bonds. The molecule has 1 aromatic rings. The first-order valence-corrected chi connectivity index (χ1v) is 4.97. The van der Waals surface area contributed by atoms with Crippen molar-refractivity contribution in [3.05, 3.63) is 12.7 Å². The van der Waals surface area contributed by atoms with Crippen molar-refractivity contribution in [3.63, 3.8) is 0 Å². The van der Waals surface area contributed by atoms with Gasteiger partial charge in [-0.05, 0) is 25.8 Å². The quantitative estimate of drug-likeness (QED) is 0.627. The molecule has 1 aromatic heterocycles. The van der Waals surface area contributed by atoms with Crippen LogP contribution in [0.4, 0.5) is 0 Å². The van der Waals surface area contributed by atoms with E-state index in [0.717, 1.165) is 0 Å². The summed E-state index contributed by atoms with van der Waals surface area (Å²) in [6.45, 7) is 3.69. The second kappa shape index (κ2) is 2.54. The lowest BCUT2D eigenvalue weighted by molar-refractivity contribution is 0.171. The van der Waals surface area contributed by atoms with Crippen LogP contribution in [0.15, 0.2) is 12.7 Å². The molecule has 0 saturated carbocycles. The van der Waals surface area contributed by atoms with Gasteiger partial charge in [0.2, 0.25) is 0 Å². The predicted octanol–water partition coefficient (Wildman–Crippen LogP) is 0.473. The van der Waals surface area contributed by atoms with Crippen LogP contribution < -0.4 is 0 Å². The number of nitrogens with zero attached hydrogens (tertiary/aromatic N) is 4. The normalized spacial score (nSPS) is 38.0. The molecule has 0 radical (unpaired) electrons. The van der Waals surface area contributed by atoms with Crippen molar-refractivity contribution in [2.75, 3.05) is 19.6 Å². The Morgan fingerprint density at radius 1 is 1.23 bits per heavy atom. The third kappa shape index (κ3) is 1.01. The molecular formula is C9H14N4. The molecule has 2 aliphatic heterocycles. The molecule has 2 atom stereocenters. The summed E-state index contributed by atoms with van der Waals surface area (Å²) in [6.07, 6.45) is 7.34. The van der Waals surface area contributed by atoms with Crippen LogP contribution >= 0.6 is 0 Å². The van der Waals surface area contributed by atoms with E-state index in [1.165, 1.54) is 38.9 Å². The van der Waals surface area contributed by atoms with Crippen molar-refractivity contribution in [2.45, 2.75) is 24.8 Å². The van der Waals surface area contributed by atoms with Crippen LogP contribution in [-0.2, 0) is 5.54 Å². The van der Waals surface area contributed by atoms with E-state index < -0.39 is 0 Å². The maximum atomic E-state index is 4.29. The van der Waals surface area contributed by atoms with Gasteiger partial charge in [-0.25, -0.2) is 9.67 Å². The van der Waals surface area contributed by atoms with Crippen LogP contribution in [0.1, 0.15) is 19.3 Å². The zero-order valence-electron chi connectivity index (χ0n) is 7.69. The van der Waals surface area contributed by atoms with Gasteiger partial charge in [-0.3, -0.25) is 0 Å². The van der Waals surface area contributed by atoms with Gasteiger partial charge >= 0.3 is 0 Å². The molecule has 4 heteroatoms. The summed E-state index contributed by atoms with van der Waals surface area (Å²) in [4.78, 5) is 6.58. The maximum Gasteiger partial charge on any atom is 0.137 e. The predicted molar refractivity (Wildman–Crippen MR) is 48.3 cm³/mol. The maximum absolute atomic E-state index is 4.29. The monoisotopic (exact) mass is 178 g/mol. The zero-order chi connectivity index (χ0) is 8.73. The summed E-state index contributed by atoms with van der Waals surface area (Å²) in [6, 6.07) is 0. The molecule has 0 aliphatic carbocycles. The number of rotatable bonds is 1. The molecule has 3 heterocycles. The molecule has 4 nitrogen and oxygen atoms in total. The second-order valence-corrected chi connectivity index (χ2v) is 4.19. The van der Waals surface area contributed by atoms with E-state index in [9.17, 15) is 0 Å². The van der Waals surface area contributed by atoms with Gasteiger partial charge in [0.05, 0.1) is 5.54 Å². The average molecular weight is 178 g/mol. The van der Waals surface area contributed by atoms with Gasteiger partial charge in [-0.1, -0.05) is 0 Å². The largest absolute Gasteiger partial charge is 0.301 e. The van der Waals surface area contributed by atoms with Crippen LogP contribution in [0.2, 0.25) is 0 Å². The summed E-state index contributed by atoms with van der Waals surface area (Å²) >= 11 is 0. The van der Waals surface area contributed by atoms with Crippen molar-refractivity contribution in [3.8, 4) is 0 Å². The van der Waals surface area contributed by atoms with Crippen molar-refractivity contribution in [1.29, 1.82) is 0 Å². The topological polar surface area (TPSA) is 34.0 Å². The first kappa shape index (κ1) is 7.50. The highest BCUT2D eigenvalue weighted by Gasteiger charge is 2.42. The SMILES string of the molecule is c1ncn(C23CCCN(CC2)C3)n1. The van der Waals surface area contributed by atoms with Crippen LogP contribution in [-0.4, -0.2) is 39.3 Å².